The van der Waals surface area contributed by atoms with E-state index in [0.717, 1.165) is 10.1 Å². The van der Waals surface area contributed by atoms with Gasteiger partial charge in [0.25, 0.3) is 0 Å². The Morgan fingerprint density at radius 1 is 1.30 bits per heavy atom. The maximum absolute atomic E-state index is 12.4. The Bertz CT molecular complexity index is 876. The summed E-state index contributed by atoms with van der Waals surface area (Å²) >= 11 is 7.51. The van der Waals surface area contributed by atoms with E-state index in [1.807, 2.05) is 24.3 Å². The van der Waals surface area contributed by atoms with Crippen LogP contribution in [0.15, 0.2) is 42.5 Å². The molecule has 0 aliphatic carbocycles. The van der Waals surface area contributed by atoms with Gasteiger partial charge in [-0.3, -0.25) is 0 Å². The number of carbonyl (C=O) groups is 1. The number of thiophene rings is 1. The van der Waals surface area contributed by atoms with Crippen LogP contribution in [0.5, 0.6) is 0 Å². The maximum atomic E-state index is 12.4. The molecule has 0 fully saturated rings. The van der Waals surface area contributed by atoms with E-state index in [4.69, 9.17) is 22.1 Å². The standard InChI is InChI=1S/C17H15ClN2O2S/c1-2-22-17(21)15-11-5-3-4-6-14(11)23-16(15)20-13-9-10(18)7-8-12(13)19/h3-9,20H,2,19H2,1H3. The van der Waals surface area contributed by atoms with Crippen LogP contribution in [0.25, 0.3) is 10.1 Å². The largest absolute Gasteiger partial charge is 0.462 e. The van der Waals surface area contributed by atoms with Gasteiger partial charge in [-0.1, -0.05) is 29.8 Å². The molecule has 0 aliphatic heterocycles. The van der Waals surface area contributed by atoms with Gasteiger partial charge >= 0.3 is 5.97 Å². The highest BCUT2D eigenvalue weighted by Crippen LogP contribution is 2.39. The number of hydrogen-bond donors (Lipinski definition) is 2. The van der Waals surface area contributed by atoms with Crippen molar-refractivity contribution in [3.8, 4) is 0 Å². The molecular formula is C17H15ClN2O2S. The number of nitrogens with one attached hydrogen (secondary N) is 1. The van der Waals surface area contributed by atoms with E-state index in [1.54, 1.807) is 25.1 Å². The molecule has 0 spiro atoms. The summed E-state index contributed by atoms with van der Waals surface area (Å²) in [6.07, 6.45) is 0. The number of ether oxygens (including phenoxy) is 1. The number of benzene rings is 2. The van der Waals surface area contributed by atoms with Gasteiger partial charge in [0.05, 0.1) is 18.0 Å². The molecule has 0 aliphatic rings. The van der Waals surface area contributed by atoms with E-state index in [-0.39, 0.29) is 5.97 Å². The first-order valence-corrected chi connectivity index (χ1v) is 8.30. The van der Waals surface area contributed by atoms with Crippen molar-refractivity contribution in [2.75, 3.05) is 17.7 Å². The maximum Gasteiger partial charge on any atom is 0.341 e. The van der Waals surface area contributed by atoms with Crippen LogP contribution in [0.1, 0.15) is 17.3 Å². The average molecular weight is 347 g/mol. The van der Waals surface area contributed by atoms with Gasteiger partial charge in [-0.05, 0) is 31.2 Å². The van der Waals surface area contributed by atoms with Crippen LogP contribution in [-0.4, -0.2) is 12.6 Å². The molecule has 0 saturated carbocycles. The molecule has 6 heteroatoms. The van der Waals surface area contributed by atoms with Crippen molar-refractivity contribution in [1.29, 1.82) is 0 Å². The van der Waals surface area contributed by atoms with Gasteiger partial charge in [-0.15, -0.1) is 11.3 Å². The molecule has 1 heterocycles. The SMILES string of the molecule is CCOC(=O)c1c(Nc2cc(Cl)ccc2N)sc2ccccc12. The third-order valence-corrected chi connectivity index (χ3v) is 4.66. The number of halogens is 1. The number of nitrogens with two attached hydrogens (primary N) is 1. The Labute approximate surface area is 142 Å². The number of rotatable bonds is 4. The third kappa shape index (κ3) is 3.11. The fraction of sp³-hybridized carbons (Fsp3) is 0.118. The predicted molar refractivity (Wildman–Crippen MR) is 96.9 cm³/mol. The molecule has 0 saturated heterocycles. The Kier molecular flexibility index (Phi) is 4.41. The molecule has 3 N–H and O–H groups in total. The molecule has 0 bridgehead atoms. The minimum Gasteiger partial charge on any atom is -0.462 e. The minimum absolute atomic E-state index is 0.321. The first kappa shape index (κ1) is 15.6. The van der Waals surface area contributed by atoms with Gasteiger partial charge < -0.3 is 15.8 Å². The zero-order chi connectivity index (χ0) is 16.4. The van der Waals surface area contributed by atoms with Crippen LogP contribution < -0.4 is 11.1 Å². The van der Waals surface area contributed by atoms with E-state index >= 15 is 0 Å². The van der Waals surface area contributed by atoms with E-state index in [2.05, 4.69) is 5.32 Å². The lowest BCUT2D eigenvalue weighted by Crippen LogP contribution is -2.06. The zero-order valence-electron chi connectivity index (χ0n) is 12.4. The monoisotopic (exact) mass is 346 g/mol. The zero-order valence-corrected chi connectivity index (χ0v) is 14.0. The summed E-state index contributed by atoms with van der Waals surface area (Å²) in [6.45, 7) is 2.11. The van der Waals surface area contributed by atoms with Gasteiger partial charge in [0.1, 0.15) is 10.6 Å². The fourth-order valence-corrected chi connectivity index (χ4v) is 3.57. The second-order valence-electron chi connectivity index (χ2n) is 4.88. The highest BCUT2D eigenvalue weighted by Gasteiger charge is 2.20. The summed E-state index contributed by atoms with van der Waals surface area (Å²) in [5.74, 6) is -0.354. The van der Waals surface area contributed by atoms with Gasteiger partial charge in [0.2, 0.25) is 0 Å². The number of fused-ring (bicyclic) bond motifs is 1. The predicted octanol–water partition coefficient (Wildman–Crippen LogP) is 5.06. The summed E-state index contributed by atoms with van der Waals surface area (Å²) in [4.78, 5) is 12.4. The molecule has 0 unspecified atom stereocenters. The number of hydrogen-bond acceptors (Lipinski definition) is 5. The number of esters is 1. The minimum atomic E-state index is -0.354. The first-order chi connectivity index (χ1) is 11.1. The van der Waals surface area contributed by atoms with Crippen LogP contribution >= 0.6 is 22.9 Å². The Morgan fingerprint density at radius 3 is 2.87 bits per heavy atom. The molecule has 0 radical (unpaired) electrons. The average Bonchev–Trinajstić information content (AvgIpc) is 2.89. The lowest BCUT2D eigenvalue weighted by atomic mass is 10.1. The van der Waals surface area contributed by atoms with Crippen molar-refractivity contribution < 1.29 is 9.53 Å². The van der Waals surface area contributed by atoms with Crippen LogP contribution in [0.2, 0.25) is 5.02 Å². The molecule has 23 heavy (non-hydrogen) atoms. The van der Waals surface area contributed by atoms with Gasteiger partial charge in [0.15, 0.2) is 0 Å². The summed E-state index contributed by atoms with van der Waals surface area (Å²) < 4.78 is 6.20. The van der Waals surface area contributed by atoms with Crippen molar-refractivity contribution >= 4 is 55.4 Å². The smallest absolute Gasteiger partial charge is 0.341 e. The topological polar surface area (TPSA) is 64.3 Å². The Morgan fingerprint density at radius 2 is 2.09 bits per heavy atom. The molecular weight excluding hydrogens is 332 g/mol. The van der Waals surface area contributed by atoms with Crippen molar-refractivity contribution in [2.45, 2.75) is 6.92 Å². The van der Waals surface area contributed by atoms with Gasteiger partial charge in [-0.25, -0.2) is 4.79 Å². The highest BCUT2D eigenvalue weighted by atomic mass is 35.5. The van der Waals surface area contributed by atoms with Gasteiger partial charge in [0, 0.05) is 15.1 Å². The quantitative estimate of drug-likeness (QED) is 0.512. The second kappa shape index (κ2) is 6.48. The summed E-state index contributed by atoms with van der Waals surface area (Å²) in [6, 6.07) is 12.9. The van der Waals surface area contributed by atoms with Crippen LogP contribution in [0.4, 0.5) is 16.4 Å². The molecule has 0 amide bonds. The van der Waals surface area contributed by atoms with E-state index in [0.29, 0.717) is 33.6 Å². The number of anilines is 3. The molecule has 3 rings (SSSR count). The van der Waals surface area contributed by atoms with E-state index in [1.165, 1.54) is 11.3 Å². The van der Waals surface area contributed by atoms with Crippen molar-refractivity contribution in [3.05, 3.63) is 53.1 Å². The number of nitrogen functional groups attached to an aromatic ring is 1. The van der Waals surface area contributed by atoms with E-state index < -0.39 is 0 Å². The first-order valence-electron chi connectivity index (χ1n) is 7.11. The van der Waals surface area contributed by atoms with Crippen molar-refractivity contribution in [2.24, 2.45) is 0 Å². The van der Waals surface area contributed by atoms with Crippen molar-refractivity contribution in [3.63, 3.8) is 0 Å². The van der Waals surface area contributed by atoms with Crippen LogP contribution in [-0.2, 0) is 4.74 Å². The molecule has 1 aromatic heterocycles. The Balaban J connectivity index is 2.11. The lowest BCUT2D eigenvalue weighted by Gasteiger charge is -2.10. The molecule has 4 nitrogen and oxygen atoms in total. The summed E-state index contributed by atoms with van der Waals surface area (Å²) in [5, 5.41) is 5.34. The molecule has 3 aromatic rings. The number of carbonyl (C=O) groups excluding carboxylic acids is 1. The Hall–Kier alpha value is -2.24. The van der Waals surface area contributed by atoms with Crippen LogP contribution in [0, 0.1) is 0 Å². The van der Waals surface area contributed by atoms with Crippen molar-refractivity contribution in [1.82, 2.24) is 0 Å². The van der Waals surface area contributed by atoms with E-state index in [9.17, 15) is 4.79 Å². The third-order valence-electron chi connectivity index (χ3n) is 3.34. The normalized spacial score (nSPS) is 10.7. The molecule has 2 aromatic carbocycles. The van der Waals surface area contributed by atoms with Crippen LogP contribution in [0.3, 0.4) is 0 Å². The highest BCUT2D eigenvalue weighted by molar-refractivity contribution is 7.23. The fourth-order valence-electron chi connectivity index (χ4n) is 2.30. The second-order valence-corrected chi connectivity index (χ2v) is 6.37. The summed E-state index contributed by atoms with van der Waals surface area (Å²) in [7, 11) is 0. The van der Waals surface area contributed by atoms with Gasteiger partial charge in [-0.2, -0.15) is 0 Å². The summed E-state index contributed by atoms with van der Waals surface area (Å²) in [5.41, 5.74) is 7.72. The molecule has 118 valence electrons. The lowest BCUT2D eigenvalue weighted by molar-refractivity contribution is 0.0530. The molecule has 0 atom stereocenters.